The minimum Gasteiger partial charge on any atom is -0.132 e. The maximum atomic E-state index is 5.89. The van der Waals surface area contributed by atoms with E-state index in [0.29, 0.717) is 0 Å². The molecule has 60 valence electrons. The van der Waals surface area contributed by atoms with Gasteiger partial charge in [0.15, 0.2) is 0 Å². The summed E-state index contributed by atoms with van der Waals surface area (Å²) in [6.45, 7) is 8.46. The third kappa shape index (κ3) is 2.98. The Hall–Kier alpha value is 0.380. The molecule has 0 aromatic rings. The van der Waals surface area contributed by atoms with Gasteiger partial charge in [-0.25, -0.2) is 0 Å². The molecule has 10 heavy (non-hydrogen) atoms. The highest BCUT2D eigenvalue weighted by molar-refractivity contribution is 8.02. The summed E-state index contributed by atoms with van der Waals surface area (Å²) in [5, 5.41) is 0.917. The van der Waals surface area contributed by atoms with Gasteiger partial charge < -0.3 is 0 Å². The maximum absolute atomic E-state index is 5.89. The van der Waals surface area contributed by atoms with Crippen molar-refractivity contribution in [3.63, 3.8) is 0 Å². The van der Waals surface area contributed by atoms with Crippen molar-refractivity contribution in [3.05, 3.63) is 9.94 Å². The van der Waals surface area contributed by atoms with Gasteiger partial charge in [0.25, 0.3) is 0 Å². The first-order valence-corrected chi connectivity index (χ1v) is 4.90. The van der Waals surface area contributed by atoms with Crippen LogP contribution >= 0.6 is 23.4 Å². The molecule has 0 amide bonds. The van der Waals surface area contributed by atoms with Crippen LogP contribution in [-0.2, 0) is 0 Å². The van der Waals surface area contributed by atoms with Crippen LogP contribution in [0.3, 0.4) is 0 Å². The average molecular weight is 179 g/mol. The topological polar surface area (TPSA) is 0 Å². The van der Waals surface area contributed by atoms with Gasteiger partial charge in [-0.05, 0) is 18.6 Å². The normalized spacial score (nSPS) is 15.0. The van der Waals surface area contributed by atoms with Crippen molar-refractivity contribution >= 4 is 23.4 Å². The van der Waals surface area contributed by atoms with E-state index in [1.54, 1.807) is 11.8 Å². The lowest BCUT2D eigenvalue weighted by Crippen LogP contribution is -2.07. The molecule has 0 aromatic carbocycles. The SMILES string of the molecule is CS/C(=C(/C)Cl)C(C)(C)C. The molecular weight excluding hydrogens is 164 g/mol. The Kier molecular flexibility index (Phi) is 3.82. The standard InChI is InChI=1S/C8H15ClS/c1-6(9)7(10-5)8(2,3)4/h1-5H3/b7-6-. The van der Waals surface area contributed by atoms with Crippen LogP contribution in [-0.4, -0.2) is 6.26 Å². The zero-order valence-corrected chi connectivity index (χ0v) is 8.86. The summed E-state index contributed by atoms with van der Waals surface area (Å²) < 4.78 is 0. The predicted molar refractivity (Wildman–Crippen MR) is 51.5 cm³/mol. The van der Waals surface area contributed by atoms with Crippen molar-refractivity contribution in [1.29, 1.82) is 0 Å². The monoisotopic (exact) mass is 178 g/mol. The molecule has 0 bridgehead atoms. The lowest BCUT2D eigenvalue weighted by atomic mass is 9.96. The van der Waals surface area contributed by atoms with E-state index in [-0.39, 0.29) is 5.41 Å². The van der Waals surface area contributed by atoms with E-state index in [1.807, 2.05) is 6.92 Å². The molecule has 0 heterocycles. The Labute approximate surface area is 73.0 Å². The molecule has 0 aromatic heterocycles. The highest BCUT2D eigenvalue weighted by Crippen LogP contribution is 2.36. The first-order chi connectivity index (χ1) is 4.39. The maximum Gasteiger partial charge on any atom is 0.0250 e. The van der Waals surface area contributed by atoms with Crippen LogP contribution in [0.2, 0.25) is 0 Å². The van der Waals surface area contributed by atoms with Gasteiger partial charge in [-0.15, -0.1) is 11.8 Å². The van der Waals surface area contributed by atoms with E-state index in [0.717, 1.165) is 5.03 Å². The molecule has 0 spiro atoms. The number of rotatable bonds is 1. The van der Waals surface area contributed by atoms with Gasteiger partial charge in [0.05, 0.1) is 0 Å². The summed E-state index contributed by atoms with van der Waals surface area (Å²) in [6, 6.07) is 0. The first kappa shape index (κ1) is 10.4. The molecule has 0 radical (unpaired) electrons. The third-order valence-corrected chi connectivity index (χ3v) is 2.83. The van der Waals surface area contributed by atoms with Crippen molar-refractivity contribution in [1.82, 2.24) is 0 Å². The highest BCUT2D eigenvalue weighted by atomic mass is 35.5. The van der Waals surface area contributed by atoms with Crippen LogP contribution < -0.4 is 0 Å². The molecule has 2 heteroatoms. The molecule has 0 rings (SSSR count). The van der Waals surface area contributed by atoms with Crippen LogP contribution in [0.1, 0.15) is 27.7 Å². The number of hydrogen-bond acceptors (Lipinski definition) is 1. The molecular formula is C8H15ClS. The average Bonchev–Trinajstić information content (AvgIpc) is 1.60. The van der Waals surface area contributed by atoms with E-state index >= 15 is 0 Å². The Balaban J connectivity index is 4.55. The van der Waals surface area contributed by atoms with Crippen LogP contribution in [0.15, 0.2) is 9.94 Å². The Morgan fingerprint density at radius 3 is 1.70 bits per heavy atom. The first-order valence-electron chi connectivity index (χ1n) is 3.30. The van der Waals surface area contributed by atoms with Crippen LogP contribution in [0, 0.1) is 5.41 Å². The summed E-state index contributed by atoms with van der Waals surface area (Å²) >= 11 is 7.62. The van der Waals surface area contributed by atoms with E-state index in [9.17, 15) is 0 Å². The van der Waals surface area contributed by atoms with Gasteiger partial charge in [-0.1, -0.05) is 32.4 Å². The summed E-state index contributed by atoms with van der Waals surface area (Å²) in [6.07, 6.45) is 2.06. The number of hydrogen-bond donors (Lipinski definition) is 0. The van der Waals surface area contributed by atoms with E-state index in [2.05, 4.69) is 27.0 Å². The minimum absolute atomic E-state index is 0.200. The lowest BCUT2D eigenvalue weighted by molar-refractivity contribution is 0.531. The molecule has 0 fully saturated rings. The Morgan fingerprint density at radius 2 is 1.70 bits per heavy atom. The van der Waals surface area contributed by atoms with Gasteiger partial charge in [-0.2, -0.15) is 0 Å². The molecule has 0 nitrogen and oxygen atoms in total. The van der Waals surface area contributed by atoms with Crippen LogP contribution in [0.5, 0.6) is 0 Å². The lowest BCUT2D eigenvalue weighted by Gasteiger charge is -2.21. The fraction of sp³-hybridized carbons (Fsp3) is 0.750. The highest BCUT2D eigenvalue weighted by Gasteiger charge is 2.17. The predicted octanol–water partition coefficient (Wildman–Crippen LogP) is 3.87. The molecule has 0 N–H and O–H groups in total. The molecule has 0 saturated heterocycles. The quantitative estimate of drug-likeness (QED) is 0.588. The van der Waals surface area contributed by atoms with E-state index in [1.165, 1.54) is 4.91 Å². The summed E-state index contributed by atoms with van der Waals surface area (Å²) in [5.74, 6) is 0. The van der Waals surface area contributed by atoms with Gasteiger partial charge in [0, 0.05) is 9.94 Å². The summed E-state index contributed by atoms with van der Waals surface area (Å²) in [4.78, 5) is 1.27. The van der Waals surface area contributed by atoms with Gasteiger partial charge >= 0.3 is 0 Å². The van der Waals surface area contributed by atoms with Gasteiger partial charge in [0.1, 0.15) is 0 Å². The molecule has 0 saturated carbocycles. The Bertz CT molecular complexity index is 138. The van der Waals surface area contributed by atoms with Crippen molar-refractivity contribution in [2.75, 3.05) is 6.26 Å². The second-order valence-electron chi connectivity index (χ2n) is 3.32. The van der Waals surface area contributed by atoms with Gasteiger partial charge in [-0.3, -0.25) is 0 Å². The number of halogens is 1. The van der Waals surface area contributed by atoms with E-state index in [4.69, 9.17) is 11.6 Å². The van der Waals surface area contributed by atoms with Gasteiger partial charge in [0.2, 0.25) is 0 Å². The minimum atomic E-state index is 0.200. The van der Waals surface area contributed by atoms with Crippen molar-refractivity contribution < 1.29 is 0 Å². The fourth-order valence-corrected chi connectivity index (χ4v) is 2.37. The molecule has 0 unspecified atom stereocenters. The zero-order chi connectivity index (χ0) is 8.36. The second kappa shape index (κ2) is 3.68. The zero-order valence-electron chi connectivity index (χ0n) is 7.29. The molecule has 0 aliphatic carbocycles. The number of thioether (sulfide) groups is 1. The molecule has 0 aliphatic heterocycles. The smallest absolute Gasteiger partial charge is 0.0250 e. The molecule has 0 atom stereocenters. The third-order valence-electron chi connectivity index (χ3n) is 1.20. The fourth-order valence-electron chi connectivity index (χ4n) is 0.964. The second-order valence-corrected chi connectivity index (χ2v) is 4.70. The summed E-state index contributed by atoms with van der Waals surface area (Å²) in [7, 11) is 0. The number of allylic oxidation sites excluding steroid dienone is 2. The van der Waals surface area contributed by atoms with Crippen LogP contribution in [0.4, 0.5) is 0 Å². The van der Waals surface area contributed by atoms with Crippen LogP contribution in [0.25, 0.3) is 0 Å². The largest absolute Gasteiger partial charge is 0.132 e. The summed E-state index contributed by atoms with van der Waals surface area (Å²) in [5.41, 5.74) is 0.200. The van der Waals surface area contributed by atoms with E-state index < -0.39 is 0 Å². The van der Waals surface area contributed by atoms with Crippen molar-refractivity contribution in [3.8, 4) is 0 Å². The van der Waals surface area contributed by atoms with Crippen molar-refractivity contribution in [2.24, 2.45) is 5.41 Å². The molecule has 0 aliphatic rings. The van der Waals surface area contributed by atoms with Crippen molar-refractivity contribution in [2.45, 2.75) is 27.7 Å². The Morgan fingerprint density at radius 1 is 1.30 bits per heavy atom.